The summed E-state index contributed by atoms with van der Waals surface area (Å²) in [7, 11) is 0. The SMILES string of the molecule is c1ccc(-c2nc(-c3ccccc3)nc(-c3ccc(-c4ccccc4-n4c5ccccc5c5cc6ccccc6cc54)cc3)n2)cc1. The number of aromatic nitrogens is 4. The molecule has 220 valence electrons. The molecule has 0 unspecified atom stereocenters. The van der Waals surface area contributed by atoms with Gasteiger partial charge in [-0.3, -0.25) is 0 Å². The Balaban J connectivity index is 1.18. The molecule has 0 atom stereocenters. The van der Waals surface area contributed by atoms with Gasteiger partial charge in [0.1, 0.15) is 0 Å². The van der Waals surface area contributed by atoms with E-state index in [1.54, 1.807) is 0 Å². The van der Waals surface area contributed by atoms with Crippen LogP contribution in [0.3, 0.4) is 0 Å². The van der Waals surface area contributed by atoms with Gasteiger partial charge in [-0.1, -0.05) is 146 Å². The monoisotopic (exact) mass is 600 g/mol. The second kappa shape index (κ2) is 11.2. The summed E-state index contributed by atoms with van der Waals surface area (Å²) in [5.41, 5.74) is 8.65. The van der Waals surface area contributed by atoms with E-state index in [9.17, 15) is 0 Å². The minimum Gasteiger partial charge on any atom is -0.309 e. The van der Waals surface area contributed by atoms with Crippen LogP contribution in [-0.2, 0) is 0 Å². The fourth-order valence-electron chi connectivity index (χ4n) is 6.56. The fourth-order valence-corrected chi connectivity index (χ4v) is 6.56. The maximum atomic E-state index is 4.93. The Morgan fingerprint density at radius 2 is 0.830 bits per heavy atom. The molecule has 0 fully saturated rings. The van der Waals surface area contributed by atoms with Gasteiger partial charge in [-0.2, -0.15) is 0 Å². The van der Waals surface area contributed by atoms with Crippen LogP contribution in [0.2, 0.25) is 0 Å². The van der Waals surface area contributed by atoms with Gasteiger partial charge in [0.2, 0.25) is 0 Å². The Kier molecular flexibility index (Phi) is 6.43. The van der Waals surface area contributed by atoms with Crippen LogP contribution in [0.4, 0.5) is 0 Å². The summed E-state index contributed by atoms with van der Waals surface area (Å²) in [6.07, 6.45) is 0. The molecule has 9 rings (SSSR count). The third-order valence-electron chi connectivity index (χ3n) is 8.84. The Hall–Kier alpha value is -6.39. The maximum absolute atomic E-state index is 4.93. The van der Waals surface area contributed by atoms with Crippen LogP contribution in [0.5, 0.6) is 0 Å². The number of fused-ring (bicyclic) bond motifs is 4. The molecular weight excluding hydrogens is 573 g/mol. The Morgan fingerprint density at radius 3 is 1.49 bits per heavy atom. The van der Waals surface area contributed by atoms with Crippen LogP contribution in [-0.4, -0.2) is 19.5 Å². The number of nitrogens with zero attached hydrogens (tertiary/aromatic N) is 4. The molecule has 0 spiro atoms. The minimum absolute atomic E-state index is 0.645. The van der Waals surface area contributed by atoms with Gasteiger partial charge < -0.3 is 4.57 Å². The molecule has 47 heavy (non-hydrogen) atoms. The van der Waals surface area contributed by atoms with E-state index in [0.29, 0.717) is 17.5 Å². The first kappa shape index (κ1) is 27.0. The molecule has 7 aromatic carbocycles. The lowest BCUT2D eigenvalue weighted by Gasteiger charge is -2.15. The van der Waals surface area contributed by atoms with Crippen LogP contribution in [0.25, 0.3) is 83.6 Å². The van der Waals surface area contributed by atoms with Gasteiger partial charge in [0.25, 0.3) is 0 Å². The van der Waals surface area contributed by atoms with Crippen molar-refractivity contribution >= 4 is 32.6 Å². The van der Waals surface area contributed by atoms with E-state index in [1.807, 2.05) is 60.7 Å². The zero-order valence-corrected chi connectivity index (χ0v) is 25.5. The lowest BCUT2D eigenvalue weighted by atomic mass is 10.0. The molecule has 4 heteroatoms. The lowest BCUT2D eigenvalue weighted by Crippen LogP contribution is -2.00. The van der Waals surface area contributed by atoms with E-state index in [4.69, 9.17) is 15.0 Å². The molecule has 0 saturated carbocycles. The van der Waals surface area contributed by atoms with Gasteiger partial charge in [-0.15, -0.1) is 0 Å². The van der Waals surface area contributed by atoms with E-state index in [2.05, 4.69) is 114 Å². The molecule has 0 saturated heterocycles. The molecule has 0 aliphatic rings. The van der Waals surface area contributed by atoms with Crippen molar-refractivity contribution in [1.29, 1.82) is 0 Å². The van der Waals surface area contributed by atoms with Gasteiger partial charge in [-0.25, -0.2) is 15.0 Å². The third kappa shape index (κ3) is 4.75. The van der Waals surface area contributed by atoms with Crippen LogP contribution in [0.1, 0.15) is 0 Å². The average Bonchev–Trinajstić information content (AvgIpc) is 3.47. The predicted molar refractivity (Wildman–Crippen MR) is 193 cm³/mol. The topological polar surface area (TPSA) is 43.6 Å². The molecular formula is C43H28N4. The zero-order valence-electron chi connectivity index (χ0n) is 25.5. The van der Waals surface area contributed by atoms with Crippen LogP contribution < -0.4 is 0 Å². The first-order valence-corrected chi connectivity index (χ1v) is 15.8. The van der Waals surface area contributed by atoms with Crippen LogP contribution >= 0.6 is 0 Å². The van der Waals surface area contributed by atoms with Crippen molar-refractivity contribution in [2.24, 2.45) is 0 Å². The van der Waals surface area contributed by atoms with Crippen LogP contribution in [0, 0.1) is 0 Å². The number of benzene rings is 7. The van der Waals surface area contributed by atoms with E-state index < -0.39 is 0 Å². The number of hydrogen-bond donors (Lipinski definition) is 0. The highest BCUT2D eigenvalue weighted by Gasteiger charge is 2.17. The van der Waals surface area contributed by atoms with Crippen molar-refractivity contribution in [3.8, 4) is 51.0 Å². The minimum atomic E-state index is 0.645. The largest absolute Gasteiger partial charge is 0.309 e. The van der Waals surface area contributed by atoms with Crippen molar-refractivity contribution in [3.63, 3.8) is 0 Å². The molecule has 0 aliphatic heterocycles. The van der Waals surface area contributed by atoms with Crippen molar-refractivity contribution in [2.45, 2.75) is 0 Å². The predicted octanol–water partition coefficient (Wildman–Crippen LogP) is 10.8. The Morgan fingerprint density at radius 1 is 0.340 bits per heavy atom. The summed E-state index contributed by atoms with van der Waals surface area (Å²) in [6, 6.07) is 59.3. The molecule has 9 aromatic rings. The Labute approximate surface area is 272 Å². The molecule has 0 aliphatic carbocycles. The summed E-state index contributed by atoms with van der Waals surface area (Å²) in [5.74, 6) is 1.96. The zero-order chi connectivity index (χ0) is 31.2. The highest BCUT2D eigenvalue weighted by Crippen LogP contribution is 2.38. The standard InChI is InChI=1S/C43H28N4/c1-3-13-30(14-4-1)41-44-42(31-15-5-2-6-16-31)46-43(45-41)32-25-23-29(24-26-32)35-19-9-11-21-38(35)47-39-22-12-10-20-36(39)37-27-33-17-7-8-18-34(33)28-40(37)47/h1-28H. The molecule has 0 amide bonds. The maximum Gasteiger partial charge on any atom is 0.164 e. The second-order valence-corrected chi connectivity index (χ2v) is 11.7. The summed E-state index contributed by atoms with van der Waals surface area (Å²) in [4.78, 5) is 14.7. The van der Waals surface area contributed by atoms with Gasteiger partial charge in [-0.05, 0) is 40.6 Å². The summed E-state index contributed by atoms with van der Waals surface area (Å²) < 4.78 is 2.41. The molecule has 0 N–H and O–H groups in total. The molecule has 0 radical (unpaired) electrons. The third-order valence-corrected chi connectivity index (χ3v) is 8.84. The van der Waals surface area contributed by atoms with Crippen molar-refractivity contribution < 1.29 is 0 Å². The summed E-state index contributed by atoms with van der Waals surface area (Å²) in [5, 5.41) is 4.98. The average molecular weight is 601 g/mol. The first-order chi connectivity index (χ1) is 23.3. The molecule has 0 bridgehead atoms. The quantitative estimate of drug-likeness (QED) is 0.197. The number of para-hydroxylation sites is 2. The summed E-state index contributed by atoms with van der Waals surface area (Å²) in [6.45, 7) is 0. The molecule has 2 aromatic heterocycles. The Bertz CT molecular complexity index is 2490. The van der Waals surface area contributed by atoms with Gasteiger partial charge in [0, 0.05) is 33.0 Å². The van der Waals surface area contributed by atoms with Gasteiger partial charge in [0.15, 0.2) is 17.5 Å². The van der Waals surface area contributed by atoms with Gasteiger partial charge >= 0.3 is 0 Å². The molecule has 4 nitrogen and oxygen atoms in total. The van der Waals surface area contributed by atoms with E-state index in [0.717, 1.165) is 33.5 Å². The van der Waals surface area contributed by atoms with E-state index >= 15 is 0 Å². The van der Waals surface area contributed by atoms with Crippen LogP contribution in [0.15, 0.2) is 170 Å². The van der Waals surface area contributed by atoms with E-state index in [1.165, 1.54) is 32.6 Å². The number of hydrogen-bond acceptors (Lipinski definition) is 3. The van der Waals surface area contributed by atoms with Crippen molar-refractivity contribution in [2.75, 3.05) is 0 Å². The number of rotatable bonds is 5. The van der Waals surface area contributed by atoms with E-state index in [-0.39, 0.29) is 0 Å². The fraction of sp³-hybridized carbons (Fsp3) is 0. The summed E-state index contributed by atoms with van der Waals surface area (Å²) >= 11 is 0. The molecule has 2 heterocycles. The second-order valence-electron chi connectivity index (χ2n) is 11.7. The van der Waals surface area contributed by atoms with Crippen molar-refractivity contribution in [1.82, 2.24) is 19.5 Å². The highest BCUT2D eigenvalue weighted by molar-refractivity contribution is 6.14. The first-order valence-electron chi connectivity index (χ1n) is 15.8. The lowest BCUT2D eigenvalue weighted by molar-refractivity contribution is 1.07. The van der Waals surface area contributed by atoms with Gasteiger partial charge in [0.05, 0.1) is 16.7 Å². The normalized spacial score (nSPS) is 11.4. The van der Waals surface area contributed by atoms with Crippen molar-refractivity contribution in [3.05, 3.63) is 170 Å². The smallest absolute Gasteiger partial charge is 0.164 e. The highest BCUT2D eigenvalue weighted by atomic mass is 15.0.